The van der Waals surface area contributed by atoms with Crippen molar-refractivity contribution in [3.63, 3.8) is 0 Å². The van der Waals surface area contributed by atoms with Crippen LogP contribution in [0.4, 0.5) is 0 Å². The van der Waals surface area contributed by atoms with Crippen molar-refractivity contribution in [1.29, 1.82) is 0 Å². The number of carbonyl (C=O) groups is 3. The van der Waals surface area contributed by atoms with Gasteiger partial charge in [0.1, 0.15) is 6.04 Å². The molecule has 47 heavy (non-hydrogen) atoms. The number of imide groups is 1. The van der Waals surface area contributed by atoms with E-state index in [1.165, 1.54) is 58.8 Å². The fourth-order valence-corrected chi connectivity index (χ4v) is 9.74. The lowest BCUT2D eigenvalue weighted by molar-refractivity contribution is -0.140. The van der Waals surface area contributed by atoms with E-state index in [-0.39, 0.29) is 24.1 Å². The van der Waals surface area contributed by atoms with Crippen LogP contribution in [-0.2, 0) is 41.6 Å². The van der Waals surface area contributed by atoms with Crippen molar-refractivity contribution in [3.8, 4) is 0 Å². The number of likely N-dealkylation sites (tertiary alicyclic amines) is 1. The maximum absolute atomic E-state index is 13.1. The minimum absolute atomic E-state index is 0.102. The highest BCUT2D eigenvalue weighted by atomic mass is 16.2. The number of hydrogen-bond donors (Lipinski definition) is 1. The van der Waals surface area contributed by atoms with E-state index in [9.17, 15) is 14.4 Å². The lowest BCUT2D eigenvalue weighted by Gasteiger charge is -2.71. The summed E-state index contributed by atoms with van der Waals surface area (Å²) in [6.07, 6.45) is 9.95. The van der Waals surface area contributed by atoms with E-state index in [2.05, 4.69) is 69.9 Å². The van der Waals surface area contributed by atoms with E-state index in [1.807, 2.05) is 24.0 Å². The summed E-state index contributed by atoms with van der Waals surface area (Å²) in [6.45, 7) is 3.54. The van der Waals surface area contributed by atoms with Crippen LogP contribution >= 0.6 is 0 Å². The Morgan fingerprint density at radius 3 is 2.43 bits per heavy atom. The molecule has 1 aromatic heterocycles. The summed E-state index contributed by atoms with van der Waals surface area (Å²) in [5.41, 5.74) is 9.43. The van der Waals surface area contributed by atoms with Gasteiger partial charge in [-0.25, -0.2) is 0 Å². The molecule has 3 aliphatic heterocycles. The van der Waals surface area contributed by atoms with Gasteiger partial charge in [0, 0.05) is 37.5 Å². The topological polar surface area (TPSA) is 87.5 Å². The summed E-state index contributed by atoms with van der Waals surface area (Å²) in [4.78, 5) is 41.3. The zero-order chi connectivity index (χ0) is 31.9. The quantitative estimate of drug-likeness (QED) is 0.278. The molecule has 1 atom stereocenters. The van der Waals surface area contributed by atoms with Gasteiger partial charge in [-0.15, -0.1) is 0 Å². The van der Waals surface area contributed by atoms with E-state index in [0.717, 1.165) is 38.0 Å². The molecule has 10 rings (SSSR count). The van der Waals surface area contributed by atoms with E-state index in [0.29, 0.717) is 35.3 Å². The summed E-state index contributed by atoms with van der Waals surface area (Å²) in [7, 11) is 2.00. The molecule has 4 heterocycles. The molecule has 6 aliphatic rings. The smallest absolute Gasteiger partial charge is 0.255 e. The summed E-state index contributed by atoms with van der Waals surface area (Å²) in [5.74, 6) is -0.245. The van der Waals surface area contributed by atoms with Crippen LogP contribution in [0.25, 0.3) is 10.9 Å². The van der Waals surface area contributed by atoms with Gasteiger partial charge in [0.05, 0.1) is 11.7 Å². The minimum Gasteiger partial charge on any atom is -0.322 e. The third-order valence-corrected chi connectivity index (χ3v) is 12.1. The van der Waals surface area contributed by atoms with Crippen molar-refractivity contribution >= 4 is 28.6 Å². The van der Waals surface area contributed by atoms with E-state index >= 15 is 0 Å². The Balaban J connectivity index is 0.773. The Hall–Kier alpha value is -4.30. The molecule has 0 radical (unpaired) electrons. The fourth-order valence-electron chi connectivity index (χ4n) is 9.74. The van der Waals surface area contributed by atoms with Gasteiger partial charge in [0.2, 0.25) is 11.8 Å². The summed E-state index contributed by atoms with van der Waals surface area (Å²) >= 11 is 0. The molecule has 8 nitrogen and oxygen atoms in total. The Morgan fingerprint density at radius 2 is 1.66 bits per heavy atom. The molecular weight excluding hydrogens is 586 g/mol. The number of nitrogens with zero attached hydrogens (tertiary/aromatic N) is 4. The van der Waals surface area contributed by atoms with Crippen molar-refractivity contribution < 1.29 is 14.4 Å². The number of amides is 3. The maximum atomic E-state index is 13.1. The lowest BCUT2D eigenvalue weighted by Crippen LogP contribution is -2.65. The Labute approximate surface area is 275 Å². The van der Waals surface area contributed by atoms with Gasteiger partial charge in [-0.05, 0) is 121 Å². The predicted molar refractivity (Wildman–Crippen MR) is 179 cm³/mol. The van der Waals surface area contributed by atoms with Crippen LogP contribution in [0.1, 0.15) is 89.0 Å². The molecule has 1 N–H and O–H groups in total. The number of nitrogens with one attached hydrogen (secondary N) is 1. The maximum Gasteiger partial charge on any atom is 0.255 e. The Bertz CT molecular complexity index is 1920. The van der Waals surface area contributed by atoms with Crippen LogP contribution in [0.3, 0.4) is 0 Å². The molecule has 3 aliphatic carbocycles. The van der Waals surface area contributed by atoms with E-state index in [4.69, 9.17) is 0 Å². The third kappa shape index (κ3) is 4.83. The number of aryl methyl sites for hydroxylation is 1. The molecule has 0 spiro atoms. The molecule has 3 amide bonds. The minimum atomic E-state index is -0.567. The molecule has 1 unspecified atom stereocenters. The number of benzene rings is 3. The monoisotopic (exact) mass is 627 g/mol. The average Bonchev–Trinajstić information content (AvgIpc) is 3.57. The van der Waals surface area contributed by atoms with Crippen molar-refractivity contribution in [2.24, 2.45) is 12.5 Å². The average molecular weight is 628 g/mol. The van der Waals surface area contributed by atoms with Crippen molar-refractivity contribution in [1.82, 2.24) is 24.9 Å². The molecule has 3 aromatic carbocycles. The van der Waals surface area contributed by atoms with E-state index in [1.54, 1.807) is 4.90 Å². The first kappa shape index (κ1) is 28.9. The highest BCUT2D eigenvalue weighted by molar-refractivity contribution is 6.05. The van der Waals surface area contributed by atoms with Gasteiger partial charge in [0.25, 0.3) is 5.91 Å². The van der Waals surface area contributed by atoms with Crippen LogP contribution in [0.15, 0.2) is 66.9 Å². The largest absolute Gasteiger partial charge is 0.322 e. The van der Waals surface area contributed by atoms with Gasteiger partial charge >= 0.3 is 0 Å². The number of rotatable bonds is 7. The summed E-state index contributed by atoms with van der Waals surface area (Å²) in [6, 6.07) is 22.0. The standard InChI is InChI=1S/C39H41N5O3/c1-42-33-9-4-26(16-29(33)19-40-42)18-38-22-39(23-38,24-38)31-6-2-25(3-7-31)20-43-14-12-27(13-15-43)28-5-8-32-30(17-28)21-44(37(32)47)34-10-11-35(45)41-36(34)46/h2-9,16-17,19,27,34H,10-15,18,20-24H2,1H3,(H,41,45,46). The van der Waals surface area contributed by atoms with Crippen LogP contribution in [0.5, 0.6) is 0 Å². The zero-order valence-electron chi connectivity index (χ0n) is 27.0. The molecule has 2 saturated heterocycles. The first-order chi connectivity index (χ1) is 22.8. The van der Waals surface area contributed by atoms with Crippen molar-refractivity contribution in [2.75, 3.05) is 13.1 Å². The van der Waals surface area contributed by atoms with Gasteiger partial charge in [-0.2, -0.15) is 5.10 Å². The normalized spacial score (nSPS) is 27.5. The van der Waals surface area contributed by atoms with Crippen molar-refractivity contribution in [2.45, 2.75) is 81.8 Å². The van der Waals surface area contributed by atoms with Crippen molar-refractivity contribution in [3.05, 3.63) is 100 Å². The predicted octanol–water partition coefficient (Wildman–Crippen LogP) is 5.38. The first-order valence-corrected chi connectivity index (χ1v) is 17.3. The molecule has 5 fully saturated rings. The van der Waals surface area contributed by atoms with Crippen LogP contribution in [-0.4, -0.2) is 56.4 Å². The van der Waals surface area contributed by atoms with Gasteiger partial charge in [-0.3, -0.25) is 29.3 Å². The second kappa shape index (κ2) is 10.6. The Morgan fingerprint density at radius 1 is 0.894 bits per heavy atom. The molecule has 8 heteroatoms. The van der Waals surface area contributed by atoms with E-state index < -0.39 is 6.04 Å². The third-order valence-electron chi connectivity index (χ3n) is 12.1. The molecule has 2 bridgehead atoms. The SMILES string of the molecule is Cn1ncc2cc(CC34CC(c5ccc(CN6CCC(c7ccc8c(c7)CN(C7CCC(=O)NC7=O)C8=O)CC6)cc5)(C3)C4)ccc21. The number of carbonyl (C=O) groups excluding carboxylic acids is 3. The highest BCUT2D eigenvalue weighted by Crippen LogP contribution is 2.74. The molecule has 3 saturated carbocycles. The second-order valence-corrected chi connectivity index (χ2v) is 15.2. The molecular formula is C39H41N5O3. The number of piperidine rings is 2. The lowest BCUT2D eigenvalue weighted by atomic mass is 9.32. The second-order valence-electron chi connectivity index (χ2n) is 15.2. The Kier molecular flexibility index (Phi) is 6.52. The van der Waals surface area contributed by atoms with Gasteiger partial charge < -0.3 is 4.90 Å². The first-order valence-electron chi connectivity index (χ1n) is 17.3. The van der Waals surface area contributed by atoms with Crippen LogP contribution in [0.2, 0.25) is 0 Å². The number of hydrogen-bond acceptors (Lipinski definition) is 5. The fraction of sp³-hybridized carbons (Fsp3) is 0.436. The molecule has 4 aromatic rings. The number of aromatic nitrogens is 2. The zero-order valence-corrected chi connectivity index (χ0v) is 27.0. The van der Waals surface area contributed by atoms with Gasteiger partial charge in [0.15, 0.2) is 0 Å². The van der Waals surface area contributed by atoms with Crippen LogP contribution < -0.4 is 5.32 Å². The van der Waals surface area contributed by atoms with Gasteiger partial charge in [-0.1, -0.05) is 42.5 Å². The molecule has 240 valence electrons. The highest BCUT2D eigenvalue weighted by Gasteiger charge is 2.67. The number of fused-ring (bicyclic) bond motifs is 2. The van der Waals surface area contributed by atoms with Crippen LogP contribution in [0, 0.1) is 5.41 Å². The summed E-state index contributed by atoms with van der Waals surface area (Å²) < 4.78 is 1.95. The summed E-state index contributed by atoms with van der Waals surface area (Å²) in [5, 5.41) is 8.04.